The summed E-state index contributed by atoms with van der Waals surface area (Å²) in [7, 11) is 1.66. The van der Waals surface area contributed by atoms with Crippen LogP contribution in [0.2, 0.25) is 0 Å². The highest BCUT2D eigenvalue weighted by Crippen LogP contribution is 2.26. The molecule has 2 aromatic heterocycles. The molecular weight excluding hydrogens is 424 g/mol. The molecule has 0 radical (unpaired) electrons. The molecule has 4 rings (SSSR count). The van der Waals surface area contributed by atoms with Crippen molar-refractivity contribution in [2.24, 2.45) is 0 Å². The van der Waals surface area contributed by atoms with Crippen molar-refractivity contribution in [1.29, 1.82) is 0 Å². The van der Waals surface area contributed by atoms with E-state index in [1.165, 1.54) is 11.3 Å². The molecule has 0 spiro atoms. The highest BCUT2D eigenvalue weighted by atomic mass is 32.1. The minimum absolute atomic E-state index is 0.322. The summed E-state index contributed by atoms with van der Waals surface area (Å²) in [5.41, 5.74) is 3.60. The number of hydrogen-bond donors (Lipinski definition) is 0. The molecule has 0 saturated heterocycles. The Kier molecular flexibility index (Phi) is 6.81. The van der Waals surface area contributed by atoms with Gasteiger partial charge in [0.2, 0.25) is 0 Å². The van der Waals surface area contributed by atoms with Gasteiger partial charge in [0.1, 0.15) is 5.75 Å². The molecule has 164 valence electrons. The normalized spacial score (nSPS) is 10.7. The Balaban J connectivity index is 1.59. The van der Waals surface area contributed by atoms with Crippen molar-refractivity contribution in [2.45, 2.75) is 20.0 Å². The summed E-state index contributed by atoms with van der Waals surface area (Å²) < 4.78 is 12.4. The Labute approximate surface area is 190 Å². The zero-order chi connectivity index (χ0) is 22.3. The molecule has 2 heterocycles. The van der Waals surface area contributed by atoms with Crippen LogP contribution in [0.3, 0.4) is 0 Å². The lowest BCUT2D eigenvalue weighted by Gasteiger charge is -2.22. The lowest BCUT2D eigenvalue weighted by Crippen LogP contribution is -2.22. The molecule has 7 nitrogen and oxygen atoms in total. The smallest absolute Gasteiger partial charge is 0.357 e. The summed E-state index contributed by atoms with van der Waals surface area (Å²) in [6, 6.07) is 16.3. The van der Waals surface area contributed by atoms with Gasteiger partial charge in [-0.05, 0) is 42.3 Å². The number of hydrogen-bond acceptors (Lipinski definition) is 7. The second-order valence-corrected chi connectivity index (χ2v) is 7.92. The molecule has 0 bridgehead atoms. The SMILES string of the molecule is CCOC(=O)c1csc(N(Cc2ccc(-n3ccnc3)cc2)Cc2cccc(OC)c2)n1. The quantitative estimate of drug-likeness (QED) is 0.345. The van der Waals surface area contributed by atoms with E-state index in [2.05, 4.69) is 45.2 Å². The standard InChI is InChI=1S/C24H24N4O3S/c1-3-31-23(29)22-16-32-24(26-22)28(15-19-5-4-6-21(13-19)30-2)14-18-7-9-20(10-8-18)27-12-11-25-17-27/h4-13,16-17H,3,14-15H2,1-2H3. The molecule has 8 heteroatoms. The molecule has 0 fully saturated rings. The maximum Gasteiger partial charge on any atom is 0.357 e. The van der Waals surface area contributed by atoms with E-state index in [1.54, 1.807) is 31.9 Å². The number of carbonyl (C=O) groups is 1. The fraction of sp³-hybridized carbons (Fsp3) is 0.208. The molecule has 0 atom stereocenters. The van der Waals surface area contributed by atoms with Crippen molar-refractivity contribution in [3.63, 3.8) is 0 Å². The molecule has 0 amide bonds. The van der Waals surface area contributed by atoms with Gasteiger partial charge >= 0.3 is 5.97 Å². The summed E-state index contributed by atoms with van der Waals surface area (Å²) in [6.07, 6.45) is 5.44. The van der Waals surface area contributed by atoms with Crippen LogP contribution in [0.1, 0.15) is 28.5 Å². The number of esters is 1. The van der Waals surface area contributed by atoms with Gasteiger partial charge in [-0.15, -0.1) is 11.3 Å². The van der Waals surface area contributed by atoms with E-state index in [-0.39, 0.29) is 0 Å². The zero-order valence-corrected chi connectivity index (χ0v) is 18.8. The van der Waals surface area contributed by atoms with Gasteiger partial charge < -0.3 is 18.9 Å². The third-order valence-corrected chi connectivity index (χ3v) is 5.77. The first-order chi connectivity index (χ1) is 15.7. The van der Waals surface area contributed by atoms with Crippen LogP contribution >= 0.6 is 11.3 Å². The summed E-state index contributed by atoms with van der Waals surface area (Å²) in [5.74, 6) is 0.402. The molecular formula is C24H24N4O3S. The summed E-state index contributed by atoms with van der Waals surface area (Å²) >= 11 is 1.43. The molecule has 0 unspecified atom stereocenters. The van der Waals surface area contributed by atoms with E-state index in [1.807, 2.05) is 29.0 Å². The Morgan fingerprint density at radius 1 is 1.12 bits per heavy atom. The van der Waals surface area contributed by atoms with Gasteiger partial charge in [0.15, 0.2) is 10.8 Å². The molecule has 0 saturated carbocycles. The van der Waals surface area contributed by atoms with Crippen molar-refractivity contribution in [3.05, 3.63) is 89.5 Å². The first-order valence-electron chi connectivity index (χ1n) is 10.2. The van der Waals surface area contributed by atoms with Gasteiger partial charge in [0.25, 0.3) is 0 Å². The molecule has 0 aliphatic carbocycles. The minimum Gasteiger partial charge on any atom is -0.497 e. The maximum atomic E-state index is 12.1. The molecule has 32 heavy (non-hydrogen) atoms. The van der Waals surface area contributed by atoms with Crippen LogP contribution in [-0.4, -0.2) is 34.2 Å². The third kappa shape index (κ3) is 5.15. The van der Waals surface area contributed by atoms with Crippen LogP contribution < -0.4 is 9.64 Å². The minimum atomic E-state index is -0.402. The monoisotopic (exact) mass is 448 g/mol. The molecule has 2 aromatic carbocycles. The van der Waals surface area contributed by atoms with E-state index < -0.39 is 5.97 Å². The van der Waals surface area contributed by atoms with Crippen LogP contribution in [-0.2, 0) is 17.8 Å². The van der Waals surface area contributed by atoms with Crippen LogP contribution in [0.25, 0.3) is 5.69 Å². The van der Waals surface area contributed by atoms with Crippen molar-refractivity contribution >= 4 is 22.4 Å². The number of imidazole rings is 1. The van der Waals surface area contributed by atoms with Crippen molar-refractivity contribution in [3.8, 4) is 11.4 Å². The lowest BCUT2D eigenvalue weighted by molar-refractivity contribution is 0.0520. The predicted octanol–water partition coefficient (Wildman–Crippen LogP) is 4.72. The van der Waals surface area contributed by atoms with Crippen molar-refractivity contribution in [1.82, 2.24) is 14.5 Å². The number of carbonyl (C=O) groups excluding carboxylic acids is 1. The van der Waals surface area contributed by atoms with Gasteiger partial charge in [0, 0.05) is 36.6 Å². The average molecular weight is 449 g/mol. The third-order valence-electron chi connectivity index (χ3n) is 4.87. The summed E-state index contributed by atoms with van der Waals surface area (Å²) in [4.78, 5) is 22.9. The van der Waals surface area contributed by atoms with E-state index >= 15 is 0 Å². The van der Waals surface area contributed by atoms with Crippen LogP contribution in [0.15, 0.2) is 72.6 Å². The van der Waals surface area contributed by atoms with Gasteiger partial charge in [-0.2, -0.15) is 0 Å². The average Bonchev–Trinajstić information content (AvgIpc) is 3.52. The Morgan fingerprint density at radius 2 is 1.94 bits per heavy atom. The number of methoxy groups -OCH3 is 1. The summed E-state index contributed by atoms with van der Waals surface area (Å²) in [5, 5.41) is 2.50. The number of ether oxygens (including phenoxy) is 2. The lowest BCUT2D eigenvalue weighted by atomic mass is 10.1. The zero-order valence-electron chi connectivity index (χ0n) is 18.0. The maximum absolute atomic E-state index is 12.1. The van der Waals surface area contributed by atoms with Crippen LogP contribution in [0.5, 0.6) is 5.75 Å². The molecule has 4 aromatic rings. The van der Waals surface area contributed by atoms with E-state index in [0.717, 1.165) is 27.7 Å². The van der Waals surface area contributed by atoms with Gasteiger partial charge in [0.05, 0.1) is 20.0 Å². The predicted molar refractivity (Wildman–Crippen MR) is 125 cm³/mol. The van der Waals surface area contributed by atoms with E-state index in [9.17, 15) is 4.79 Å². The van der Waals surface area contributed by atoms with E-state index in [4.69, 9.17) is 9.47 Å². The summed E-state index contributed by atoms with van der Waals surface area (Å²) in [6.45, 7) is 3.36. The first-order valence-corrected chi connectivity index (χ1v) is 11.1. The highest BCUT2D eigenvalue weighted by Gasteiger charge is 2.17. The van der Waals surface area contributed by atoms with Gasteiger partial charge in [-0.25, -0.2) is 14.8 Å². The molecule has 0 aliphatic heterocycles. The van der Waals surface area contributed by atoms with Crippen molar-refractivity contribution < 1.29 is 14.3 Å². The number of aromatic nitrogens is 3. The second-order valence-electron chi connectivity index (χ2n) is 7.08. The van der Waals surface area contributed by atoms with Gasteiger partial charge in [-0.3, -0.25) is 0 Å². The largest absolute Gasteiger partial charge is 0.497 e. The highest BCUT2D eigenvalue weighted by molar-refractivity contribution is 7.13. The second kappa shape index (κ2) is 10.1. The number of thiazole rings is 1. The Bertz CT molecular complexity index is 1160. The first kappa shape index (κ1) is 21.6. The molecule has 0 N–H and O–H groups in total. The fourth-order valence-electron chi connectivity index (χ4n) is 3.30. The molecule has 0 aliphatic rings. The van der Waals surface area contributed by atoms with E-state index in [0.29, 0.717) is 25.4 Å². The number of nitrogens with zero attached hydrogens (tertiary/aromatic N) is 4. The topological polar surface area (TPSA) is 69.5 Å². The fourth-order valence-corrected chi connectivity index (χ4v) is 4.09. The Hall–Kier alpha value is -3.65. The number of rotatable bonds is 9. The van der Waals surface area contributed by atoms with Crippen LogP contribution in [0, 0.1) is 0 Å². The van der Waals surface area contributed by atoms with Crippen LogP contribution in [0.4, 0.5) is 5.13 Å². The number of benzene rings is 2. The van der Waals surface area contributed by atoms with Crippen molar-refractivity contribution in [2.75, 3.05) is 18.6 Å². The number of anilines is 1. The van der Waals surface area contributed by atoms with Gasteiger partial charge in [-0.1, -0.05) is 24.3 Å². The Morgan fingerprint density at radius 3 is 2.66 bits per heavy atom.